The van der Waals surface area contributed by atoms with Gasteiger partial charge in [0.25, 0.3) is 0 Å². The number of nitrogens with one attached hydrogen (secondary N) is 1. The van der Waals surface area contributed by atoms with Gasteiger partial charge in [-0.15, -0.1) is 0 Å². The number of carbonyl (C=O) groups excluding carboxylic acids is 1. The van der Waals surface area contributed by atoms with E-state index in [1.165, 1.54) is 0 Å². The Morgan fingerprint density at radius 3 is 2.29 bits per heavy atom. The third kappa shape index (κ3) is 5.30. The highest BCUT2D eigenvalue weighted by molar-refractivity contribution is 7.80. The van der Waals surface area contributed by atoms with Gasteiger partial charge in [0.05, 0.1) is 0 Å². The highest BCUT2D eigenvalue weighted by Gasteiger charge is 2.39. The van der Waals surface area contributed by atoms with Gasteiger partial charge in [0.2, 0.25) is 0 Å². The standard InChI is InChI=1S/C13H25NO2S/c1-12(2)8-10(9-13(3,4)14-12)16-11(15)6-5-7-17/h10,14,17H,5-9H2,1-4H3. The predicted molar refractivity (Wildman–Crippen MR) is 73.5 cm³/mol. The number of thiol groups is 1. The predicted octanol–water partition coefficient (Wildman–Crippen LogP) is 2.55. The van der Waals surface area contributed by atoms with Crippen LogP contribution >= 0.6 is 12.6 Å². The molecule has 1 N–H and O–H groups in total. The molecule has 0 saturated carbocycles. The topological polar surface area (TPSA) is 38.3 Å². The third-order valence-corrected chi connectivity index (χ3v) is 3.31. The van der Waals surface area contributed by atoms with Crippen molar-refractivity contribution in [2.75, 3.05) is 5.75 Å². The van der Waals surface area contributed by atoms with Gasteiger partial charge in [-0.25, -0.2) is 0 Å². The molecule has 1 fully saturated rings. The molecule has 3 nitrogen and oxygen atoms in total. The van der Waals surface area contributed by atoms with E-state index in [0.717, 1.165) is 25.0 Å². The first-order valence-corrected chi connectivity index (χ1v) is 6.97. The Bertz CT molecular complexity index is 261. The summed E-state index contributed by atoms with van der Waals surface area (Å²) in [5.41, 5.74) is 0.0481. The van der Waals surface area contributed by atoms with E-state index in [9.17, 15) is 4.79 Å². The van der Waals surface area contributed by atoms with Crippen LogP contribution in [-0.4, -0.2) is 28.9 Å². The van der Waals surface area contributed by atoms with Crippen LogP contribution in [0.5, 0.6) is 0 Å². The molecule has 0 aliphatic carbocycles. The molecule has 0 aromatic carbocycles. The summed E-state index contributed by atoms with van der Waals surface area (Å²) in [6.45, 7) is 8.62. The molecular formula is C13H25NO2S. The molecule has 0 spiro atoms. The maximum Gasteiger partial charge on any atom is 0.306 e. The van der Waals surface area contributed by atoms with Gasteiger partial charge in [0.1, 0.15) is 6.10 Å². The van der Waals surface area contributed by atoms with Crippen molar-refractivity contribution in [3.05, 3.63) is 0 Å². The Morgan fingerprint density at radius 2 is 1.82 bits per heavy atom. The van der Waals surface area contributed by atoms with E-state index in [-0.39, 0.29) is 23.2 Å². The SMILES string of the molecule is CC1(C)CC(OC(=O)CCCS)CC(C)(C)N1. The number of hydrogen-bond acceptors (Lipinski definition) is 4. The summed E-state index contributed by atoms with van der Waals surface area (Å²) in [6, 6.07) is 0. The number of ether oxygens (including phenoxy) is 1. The zero-order chi connectivity index (χ0) is 13.1. The van der Waals surface area contributed by atoms with E-state index in [4.69, 9.17) is 4.74 Å². The molecule has 1 aliphatic rings. The fourth-order valence-corrected chi connectivity index (χ4v) is 2.94. The minimum Gasteiger partial charge on any atom is -0.462 e. The largest absolute Gasteiger partial charge is 0.462 e. The van der Waals surface area contributed by atoms with Gasteiger partial charge in [-0.05, 0) is 39.9 Å². The van der Waals surface area contributed by atoms with Crippen molar-refractivity contribution in [3.8, 4) is 0 Å². The average Bonchev–Trinajstić information content (AvgIpc) is 2.09. The second-order valence-electron chi connectivity index (χ2n) is 6.24. The molecule has 1 saturated heterocycles. The summed E-state index contributed by atoms with van der Waals surface area (Å²) < 4.78 is 5.55. The summed E-state index contributed by atoms with van der Waals surface area (Å²) in [5.74, 6) is 0.649. The first-order valence-electron chi connectivity index (χ1n) is 6.34. The maximum absolute atomic E-state index is 11.6. The molecule has 1 aliphatic heterocycles. The smallest absolute Gasteiger partial charge is 0.306 e. The lowest BCUT2D eigenvalue weighted by atomic mass is 9.81. The quantitative estimate of drug-likeness (QED) is 0.602. The second-order valence-corrected chi connectivity index (χ2v) is 6.69. The summed E-state index contributed by atoms with van der Waals surface area (Å²) in [5, 5.41) is 3.57. The molecule has 0 unspecified atom stereocenters. The molecule has 17 heavy (non-hydrogen) atoms. The van der Waals surface area contributed by atoms with Crippen LogP contribution in [-0.2, 0) is 9.53 Å². The molecule has 100 valence electrons. The summed E-state index contributed by atoms with van der Waals surface area (Å²) >= 11 is 4.10. The van der Waals surface area contributed by atoms with E-state index in [0.29, 0.717) is 6.42 Å². The zero-order valence-corrected chi connectivity index (χ0v) is 12.3. The van der Waals surface area contributed by atoms with Crippen molar-refractivity contribution in [2.24, 2.45) is 0 Å². The van der Waals surface area contributed by atoms with E-state index in [1.807, 2.05) is 0 Å². The first kappa shape index (κ1) is 14.8. The maximum atomic E-state index is 11.6. The average molecular weight is 259 g/mol. The van der Waals surface area contributed by atoms with Gasteiger partial charge in [0.15, 0.2) is 0 Å². The van der Waals surface area contributed by atoms with Crippen molar-refractivity contribution >= 4 is 18.6 Å². The van der Waals surface area contributed by atoms with Gasteiger partial charge < -0.3 is 10.1 Å². The number of hydrogen-bond donors (Lipinski definition) is 2. The Hall–Kier alpha value is -0.220. The Kier molecular flexibility index (Phi) is 4.90. The van der Waals surface area contributed by atoms with Gasteiger partial charge in [-0.3, -0.25) is 4.79 Å². The summed E-state index contributed by atoms with van der Waals surface area (Å²) in [4.78, 5) is 11.6. The zero-order valence-electron chi connectivity index (χ0n) is 11.4. The van der Waals surface area contributed by atoms with Gasteiger partial charge in [0, 0.05) is 30.3 Å². The van der Waals surface area contributed by atoms with Crippen molar-refractivity contribution in [3.63, 3.8) is 0 Å². The molecule has 0 aromatic rings. The molecule has 0 aromatic heterocycles. The Balaban J connectivity index is 2.51. The lowest BCUT2D eigenvalue weighted by Gasteiger charge is -2.45. The van der Waals surface area contributed by atoms with Gasteiger partial charge in [-0.1, -0.05) is 0 Å². The molecule has 0 atom stereocenters. The minimum absolute atomic E-state index is 0.0241. The molecular weight excluding hydrogens is 234 g/mol. The lowest BCUT2D eigenvalue weighted by Crippen LogP contribution is -2.59. The molecule has 0 amide bonds. The van der Waals surface area contributed by atoms with Crippen LogP contribution in [0.4, 0.5) is 0 Å². The Morgan fingerprint density at radius 1 is 1.29 bits per heavy atom. The van der Waals surface area contributed by atoms with Crippen LogP contribution in [0.1, 0.15) is 53.4 Å². The van der Waals surface area contributed by atoms with E-state index in [1.54, 1.807) is 0 Å². The van der Waals surface area contributed by atoms with Crippen LogP contribution in [0.25, 0.3) is 0 Å². The molecule has 1 heterocycles. The van der Waals surface area contributed by atoms with Crippen molar-refractivity contribution in [1.82, 2.24) is 5.32 Å². The first-order chi connectivity index (χ1) is 7.74. The van der Waals surface area contributed by atoms with Crippen LogP contribution in [0.15, 0.2) is 0 Å². The van der Waals surface area contributed by atoms with Crippen LogP contribution in [0.3, 0.4) is 0 Å². The van der Waals surface area contributed by atoms with Gasteiger partial charge >= 0.3 is 5.97 Å². The van der Waals surface area contributed by atoms with Crippen LogP contribution in [0, 0.1) is 0 Å². The third-order valence-electron chi connectivity index (χ3n) is 2.99. The number of carbonyl (C=O) groups is 1. The number of esters is 1. The molecule has 4 heteroatoms. The molecule has 0 radical (unpaired) electrons. The summed E-state index contributed by atoms with van der Waals surface area (Å²) in [7, 11) is 0. The highest BCUT2D eigenvalue weighted by atomic mass is 32.1. The van der Waals surface area contributed by atoms with Crippen molar-refractivity contribution in [2.45, 2.75) is 70.6 Å². The van der Waals surface area contributed by atoms with E-state index >= 15 is 0 Å². The van der Waals surface area contributed by atoms with E-state index < -0.39 is 0 Å². The minimum atomic E-state index is -0.0856. The van der Waals surface area contributed by atoms with Crippen LogP contribution in [0.2, 0.25) is 0 Å². The fraction of sp³-hybridized carbons (Fsp3) is 0.923. The lowest BCUT2D eigenvalue weighted by molar-refractivity contribution is -0.153. The number of rotatable bonds is 4. The van der Waals surface area contributed by atoms with Crippen LogP contribution < -0.4 is 5.32 Å². The number of piperidine rings is 1. The summed E-state index contributed by atoms with van der Waals surface area (Å²) in [6.07, 6.45) is 3.06. The second kappa shape index (κ2) is 5.61. The van der Waals surface area contributed by atoms with E-state index in [2.05, 4.69) is 45.6 Å². The Labute approximate surface area is 110 Å². The van der Waals surface area contributed by atoms with Crippen molar-refractivity contribution in [1.29, 1.82) is 0 Å². The fourth-order valence-electron chi connectivity index (χ4n) is 2.78. The molecule has 1 rings (SSSR count). The normalized spacial score (nSPS) is 23.4. The highest BCUT2D eigenvalue weighted by Crippen LogP contribution is 2.30. The monoisotopic (exact) mass is 259 g/mol. The molecule has 0 bridgehead atoms. The van der Waals surface area contributed by atoms with Gasteiger partial charge in [-0.2, -0.15) is 12.6 Å². The van der Waals surface area contributed by atoms with Crippen molar-refractivity contribution < 1.29 is 9.53 Å².